The first-order valence-corrected chi connectivity index (χ1v) is 5.70. The Bertz CT molecular complexity index is 381. The van der Waals surface area contributed by atoms with E-state index in [4.69, 9.17) is 15.9 Å². The molecule has 88 valence electrons. The van der Waals surface area contributed by atoms with Crippen molar-refractivity contribution in [3.63, 3.8) is 0 Å². The van der Waals surface area contributed by atoms with Gasteiger partial charge >= 0.3 is 0 Å². The summed E-state index contributed by atoms with van der Waals surface area (Å²) in [6.07, 6.45) is 0. The fraction of sp³-hybridized carbons (Fsp3) is 0.364. The van der Waals surface area contributed by atoms with Crippen LogP contribution in [0, 0.1) is 5.41 Å². The molecular weight excluding hydrogens is 270 g/mol. The zero-order valence-corrected chi connectivity index (χ0v) is 11.0. The quantitative estimate of drug-likeness (QED) is 0.641. The molecule has 0 aromatic heterocycles. The lowest BCUT2D eigenvalue weighted by atomic mass is 10.1. The van der Waals surface area contributed by atoms with Crippen LogP contribution in [-0.2, 0) is 4.74 Å². The second-order valence-corrected chi connectivity index (χ2v) is 4.32. The second kappa shape index (κ2) is 5.86. The van der Waals surface area contributed by atoms with Gasteiger partial charge in [0.2, 0.25) is 0 Å². The SMILES string of the molecule is COCCN(C)c1cccc(Br)c1C(=N)N. The van der Waals surface area contributed by atoms with Crippen LogP contribution in [0.1, 0.15) is 5.56 Å². The Kier molecular flexibility index (Phi) is 4.76. The van der Waals surface area contributed by atoms with Crippen LogP contribution in [0.5, 0.6) is 0 Å². The van der Waals surface area contributed by atoms with E-state index in [1.54, 1.807) is 7.11 Å². The molecular formula is C11H16BrN3O. The smallest absolute Gasteiger partial charge is 0.126 e. The van der Waals surface area contributed by atoms with Gasteiger partial charge in [0.1, 0.15) is 5.84 Å². The number of nitrogens with two attached hydrogens (primary N) is 1. The van der Waals surface area contributed by atoms with E-state index < -0.39 is 0 Å². The van der Waals surface area contributed by atoms with E-state index in [0.29, 0.717) is 6.61 Å². The average molecular weight is 286 g/mol. The zero-order chi connectivity index (χ0) is 12.1. The molecule has 0 aliphatic heterocycles. The zero-order valence-electron chi connectivity index (χ0n) is 9.46. The van der Waals surface area contributed by atoms with Crippen LogP contribution in [-0.4, -0.2) is 33.1 Å². The van der Waals surface area contributed by atoms with Gasteiger partial charge in [0.05, 0.1) is 12.2 Å². The van der Waals surface area contributed by atoms with Gasteiger partial charge in [-0.1, -0.05) is 6.07 Å². The number of nitrogens with zero attached hydrogens (tertiary/aromatic N) is 1. The van der Waals surface area contributed by atoms with Crippen LogP contribution in [0.2, 0.25) is 0 Å². The van der Waals surface area contributed by atoms with Crippen LogP contribution in [0.3, 0.4) is 0 Å². The Balaban J connectivity index is 3.02. The summed E-state index contributed by atoms with van der Waals surface area (Å²) >= 11 is 3.41. The van der Waals surface area contributed by atoms with Crippen molar-refractivity contribution in [3.05, 3.63) is 28.2 Å². The molecule has 16 heavy (non-hydrogen) atoms. The Morgan fingerprint density at radius 2 is 2.25 bits per heavy atom. The highest BCUT2D eigenvalue weighted by atomic mass is 79.9. The maximum absolute atomic E-state index is 7.58. The van der Waals surface area contributed by atoms with Crippen molar-refractivity contribution in [2.45, 2.75) is 0 Å². The fourth-order valence-corrected chi connectivity index (χ4v) is 2.02. The van der Waals surface area contributed by atoms with E-state index in [9.17, 15) is 0 Å². The third kappa shape index (κ3) is 2.96. The number of likely N-dealkylation sites (N-methyl/N-ethyl adjacent to an activating group) is 1. The largest absolute Gasteiger partial charge is 0.384 e. The number of nitrogens with one attached hydrogen (secondary N) is 1. The first-order chi connectivity index (χ1) is 7.57. The number of amidine groups is 1. The summed E-state index contributed by atoms with van der Waals surface area (Å²) in [6, 6.07) is 5.75. The first-order valence-electron chi connectivity index (χ1n) is 4.91. The van der Waals surface area contributed by atoms with E-state index in [1.807, 2.05) is 30.1 Å². The number of methoxy groups -OCH3 is 1. The highest BCUT2D eigenvalue weighted by molar-refractivity contribution is 9.10. The molecule has 0 aliphatic carbocycles. The number of hydrogen-bond donors (Lipinski definition) is 2. The molecule has 3 N–H and O–H groups in total. The predicted molar refractivity (Wildman–Crippen MR) is 70.3 cm³/mol. The number of hydrogen-bond acceptors (Lipinski definition) is 3. The van der Waals surface area contributed by atoms with Crippen molar-refractivity contribution in [1.29, 1.82) is 5.41 Å². The number of ether oxygens (including phenoxy) is 1. The van der Waals surface area contributed by atoms with E-state index in [-0.39, 0.29) is 5.84 Å². The molecule has 0 atom stereocenters. The molecule has 0 heterocycles. The molecule has 0 fully saturated rings. The predicted octanol–water partition coefficient (Wildman–Crippen LogP) is 1.82. The standard InChI is InChI=1S/C11H16BrN3O/c1-15(6-7-16-2)9-5-3-4-8(12)10(9)11(13)14/h3-5H,6-7H2,1-2H3,(H3,13,14). The number of anilines is 1. The Hall–Kier alpha value is -1.07. The van der Waals surface area contributed by atoms with Crippen LogP contribution in [0.4, 0.5) is 5.69 Å². The fourth-order valence-electron chi connectivity index (χ4n) is 1.45. The maximum atomic E-state index is 7.58. The van der Waals surface area contributed by atoms with Gasteiger partial charge in [-0.15, -0.1) is 0 Å². The van der Waals surface area contributed by atoms with Crippen molar-refractivity contribution in [3.8, 4) is 0 Å². The lowest BCUT2D eigenvalue weighted by Gasteiger charge is -2.22. The van der Waals surface area contributed by atoms with E-state index in [0.717, 1.165) is 22.3 Å². The molecule has 1 rings (SSSR count). The number of nitrogen functional groups attached to an aromatic ring is 1. The van der Waals surface area contributed by atoms with Crippen LogP contribution < -0.4 is 10.6 Å². The molecule has 0 spiro atoms. The van der Waals surface area contributed by atoms with Crippen LogP contribution in [0.25, 0.3) is 0 Å². The monoisotopic (exact) mass is 285 g/mol. The Labute approximate surface area is 104 Å². The first kappa shape index (κ1) is 13.0. The van der Waals surface area contributed by atoms with Crippen LogP contribution >= 0.6 is 15.9 Å². The van der Waals surface area contributed by atoms with Gasteiger partial charge in [-0.2, -0.15) is 0 Å². The summed E-state index contributed by atoms with van der Waals surface area (Å²) in [4.78, 5) is 2.02. The third-order valence-electron chi connectivity index (χ3n) is 2.30. The lowest BCUT2D eigenvalue weighted by Crippen LogP contribution is -2.25. The van der Waals surface area contributed by atoms with Crippen molar-refractivity contribution >= 4 is 27.5 Å². The van der Waals surface area contributed by atoms with Gasteiger partial charge in [0, 0.05) is 30.9 Å². The molecule has 1 aromatic carbocycles. The molecule has 0 unspecified atom stereocenters. The second-order valence-electron chi connectivity index (χ2n) is 3.46. The summed E-state index contributed by atoms with van der Waals surface area (Å²) in [7, 11) is 3.62. The van der Waals surface area contributed by atoms with Gasteiger partial charge in [-0.25, -0.2) is 0 Å². The van der Waals surface area contributed by atoms with Crippen molar-refractivity contribution in [2.75, 3.05) is 32.2 Å². The molecule has 1 aromatic rings. The lowest BCUT2D eigenvalue weighted by molar-refractivity contribution is 0.206. The number of rotatable bonds is 5. The maximum Gasteiger partial charge on any atom is 0.126 e. The molecule has 0 saturated heterocycles. The molecule has 5 heteroatoms. The third-order valence-corrected chi connectivity index (χ3v) is 2.96. The topological polar surface area (TPSA) is 62.3 Å². The number of halogens is 1. The summed E-state index contributed by atoms with van der Waals surface area (Å²) in [6.45, 7) is 1.40. The summed E-state index contributed by atoms with van der Waals surface area (Å²) in [5, 5.41) is 7.58. The minimum Gasteiger partial charge on any atom is -0.384 e. The van der Waals surface area contributed by atoms with E-state index in [2.05, 4.69) is 15.9 Å². The summed E-state index contributed by atoms with van der Waals surface area (Å²) in [5.74, 6) is 0.0618. The minimum atomic E-state index is 0.0618. The van der Waals surface area contributed by atoms with E-state index in [1.165, 1.54) is 0 Å². The van der Waals surface area contributed by atoms with Gasteiger partial charge in [-0.3, -0.25) is 5.41 Å². The number of benzene rings is 1. The molecule has 0 aliphatic rings. The molecule has 0 amide bonds. The van der Waals surface area contributed by atoms with Crippen molar-refractivity contribution < 1.29 is 4.74 Å². The Morgan fingerprint density at radius 1 is 1.56 bits per heavy atom. The van der Waals surface area contributed by atoms with Gasteiger partial charge in [0.15, 0.2) is 0 Å². The summed E-state index contributed by atoms with van der Waals surface area (Å²) in [5.41, 5.74) is 7.23. The molecule has 0 bridgehead atoms. The average Bonchev–Trinajstić information content (AvgIpc) is 2.24. The molecule has 0 radical (unpaired) electrons. The summed E-state index contributed by atoms with van der Waals surface area (Å²) < 4.78 is 5.86. The van der Waals surface area contributed by atoms with Gasteiger partial charge in [-0.05, 0) is 28.1 Å². The minimum absolute atomic E-state index is 0.0618. The van der Waals surface area contributed by atoms with Crippen molar-refractivity contribution in [2.24, 2.45) is 5.73 Å². The molecule has 0 saturated carbocycles. The molecule has 4 nitrogen and oxygen atoms in total. The highest BCUT2D eigenvalue weighted by Gasteiger charge is 2.12. The Morgan fingerprint density at radius 3 is 2.81 bits per heavy atom. The van der Waals surface area contributed by atoms with E-state index >= 15 is 0 Å². The van der Waals surface area contributed by atoms with Crippen LogP contribution in [0.15, 0.2) is 22.7 Å². The van der Waals surface area contributed by atoms with Crippen molar-refractivity contribution in [1.82, 2.24) is 0 Å². The van der Waals surface area contributed by atoms with Gasteiger partial charge < -0.3 is 15.4 Å². The normalized spacial score (nSPS) is 10.2. The van der Waals surface area contributed by atoms with Gasteiger partial charge in [0.25, 0.3) is 0 Å². The highest BCUT2D eigenvalue weighted by Crippen LogP contribution is 2.26.